The molecule has 0 N–H and O–H groups in total. The molecule has 0 amide bonds. The first-order valence-electron chi connectivity index (χ1n) is 10.5. The van der Waals surface area contributed by atoms with Crippen molar-refractivity contribution in [2.75, 3.05) is 6.66 Å². The second-order valence-electron chi connectivity index (χ2n) is 11.3. The maximum atomic E-state index is 7.35. The summed E-state index contributed by atoms with van der Waals surface area (Å²) in [6.45, 7) is 10.3. The van der Waals surface area contributed by atoms with Crippen LogP contribution in [0, 0.1) is 34.5 Å². The first-order valence-corrected chi connectivity index (χ1v) is 14.3. The Balaban J connectivity index is 1.41. The third kappa shape index (κ3) is 2.05. The van der Waals surface area contributed by atoms with Crippen molar-refractivity contribution in [3.8, 4) is 0 Å². The lowest BCUT2D eigenvalue weighted by Gasteiger charge is -2.63. The molecule has 6 aliphatic carbocycles. The van der Waals surface area contributed by atoms with Crippen molar-refractivity contribution in [1.82, 2.24) is 0 Å². The summed E-state index contributed by atoms with van der Waals surface area (Å²) in [4.78, 5) is 0. The molecule has 0 nitrogen and oxygen atoms in total. The number of hydrogen-bond acceptors (Lipinski definition) is 1. The maximum Gasteiger partial charge on any atom is 0.0435 e. The largest absolute Gasteiger partial charge is 0.290 e. The summed E-state index contributed by atoms with van der Waals surface area (Å²) in [7, 11) is 7.35. The Kier molecular flexibility index (Phi) is 3.54. The highest BCUT2D eigenvalue weighted by Crippen LogP contribution is 2.84. The Morgan fingerprint density at radius 1 is 0.917 bits per heavy atom. The minimum absolute atomic E-state index is 0.533. The molecule has 6 rings (SSSR count). The number of rotatable bonds is 3. The van der Waals surface area contributed by atoms with Gasteiger partial charge in [-0.05, 0) is 104 Å². The second kappa shape index (κ2) is 5.01. The molecule has 1 unspecified atom stereocenters. The van der Waals surface area contributed by atoms with Crippen molar-refractivity contribution >= 4 is 25.3 Å². The minimum atomic E-state index is -1.40. The fraction of sp³-hybridized carbons (Fsp3) is 1.00. The first kappa shape index (κ1) is 17.0. The van der Waals surface area contributed by atoms with Crippen LogP contribution in [0.5, 0.6) is 0 Å². The lowest BCUT2D eigenvalue weighted by Crippen LogP contribution is -2.51. The molecule has 6 saturated carbocycles. The molecular weight excluding hydrogens is 326 g/mol. The fourth-order valence-corrected chi connectivity index (χ4v) is 15.7. The molecule has 0 aromatic carbocycles. The minimum Gasteiger partial charge on any atom is -0.290 e. The van der Waals surface area contributed by atoms with Gasteiger partial charge in [-0.15, -0.1) is 0 Å². The number of fused-ring (bicyclic) bond motifs is 2. The highest BCUT2D eigenvalue weighted by molar-refractivity contribution is 8.69. The van der Waals surface area contributed by atoms with E-state index in [1.807, 2.05) is 0 Å². The summed E-state index contributed by atoms with van der Waals surface area (Å²) < 4.78 is 0. The molecule has 0 aliphatic heterocycles. The normalized spacial score (nSPS) is 56.6. The molecule has 6 fully saturated rings. The summed E-state index contributed by atoms with van der Waals surface area (Å²) in [5.41, 5.74) is 1.07. The van der Waals surface area contributed by atoms with Crippen LogP contribution in [-0.2, 0) is 0 Å². The summed E-state index contributed by atoms with van der Waals surface area (Å²) >= 11 is 2.35. The maximum absolute atomic E-state index is 7.35. The van der Waals surface area contributed by atoms with E-state index in [1.165, 1.54) is 38.5 Å². The molecule has 4 atom stereocenters. The van der Waals surface area contributed by atoms with Crippen molar-refractivity contribution in [1.29, 1.82) is 0 Å². The van der Waals surface area contributed by atoms with Gasteiger partial charge in [-0.1, -0.05) is 20.8 Å². The van der Waals surface area contributed by atoms with Crippen LogP contribution in [-0.4, -0.2) is 24.6 Å². The topological polar surface area (TPSA) is 0 Å². The van der Waals surface area contributed by atoms with E-state index in [0.29, 0.717) is 16.0 Å². The van der Waals surface area contributed by atoms with Crippen LogP contribution >= 0.6 is 17.7 Å². The highest BCUT2D eigenvalue weighted by Gasteiger charge is 2.64. The van der Waals surface area contributed by atoms with Gasteiger partial charge in [0.2, 0.25) is 0 Å². The van der Waals surface area contributed by atoms with Gasteiger partial charge in [-0.25, -0.2) is 0 Å². The fourth-order valence-electron chi connectivity index (χ4n) is 8.27. The van der Waals surface area contributed by atoms with Crippen LogP contribution in [0.4, 0.5) is 0 Å². The lowest BCUT2D eigenvalue weighted by molar-refractivity contribution is 0.0361. The van der Waals surface area contributed by atoms with Crippen molar-refractivity contribution < 1.29 is 0 Å². The molecule has 133 valence electrons. The van der Waals surface area contributed by atoms with E-state index in [1.54, 1.807) is 19.3 Å². The Hall–Kier alpha value is 0.845. The Morgan fingerprint density at radius 2 is 1.46 bits per heavy atom. The van der Waals surface area contributed by atoms with Crippen molar-refractivity contribution in [2.24, 2.45) is 34.5 Å². The molecule has 6 bridgehead atoms. The van der Waals surface area contributed by atoms with Crippen LogP contribution in [0.15, 0.2) is 0 Å². The predicted molar refractivity (Wildman–Crippen MR) is 110 cm³/mol. The quantitative estimate of drug-likeness (QED) is 0.406. The lowest BCUT2D eigenvalue weighted by atomic mass is 9.56. The Bertz CT molecular complexity index is 521. The van der Waals surface area contributed by atoms with Crippen molar-refractivity contribution in [3.05, 3.63) is 0 Å². The zero-order chi connectivity index (χ0) is 17.0. The van der Waals surface area contributed by atoms with Gasteiger partial charge in [0.25, 0.3) is 0 Å². The van der Waals surface area contributed by atoms with Crippen molar-refractivity contribution in [2.45, 2.75) is 89.0 Å². The molecule has 0 saturated heterocycles. The van der Waals surface area contributed by atoms with E-state index in [4.69, 9.17) is 7.57 Å². The second-order valence-corrected chi connectivity index (χ2v) is 18.0. The van der Waals surface area contributed by atoms with E-state index in [-0.39, 0.29) is 0 Å². The molecular formula is C21H35BPS. The molecule has 0 heterocycles. The van der Waals surface area contributed by atoms with Crippen LogP contribution < -0.4 is 0 Å². The van der Waals surface area contributed by atoms with Gasteiger partial charge < -0.3 is 0 Å². The Labute approximate surface area is 155 Å². The third-order valence-corrected chi connectivity index (χ3v) is 17.1. The van der Waals surface area contributed by atoms with Gasteiger partial charge in [0.15, 0.2) is 0 Å². The SMILES string of the molecule is [B-][P+](C)(S[C@@H]1C[C@@H]2CC[C@@]1(C)C2(C)C)C12CC3CC(CC(C3)C1)C2. The smallest absolute Gasteiger partial charge is 0.0435 e. The van der Waals surface area contributed by atoms with E-state index >= 15 is 0 Å². The van der Waals surface area contributed by atoms with Gasteiger partial charge in [-0.2, -0.15) is 6.34 Å². The van der Waals surface area contributed by atoms with E-state index in [9.17, 15) is 0 Å². The zero-order valence-electron chi connectivity index (χ0n) is 16.2. The summed E-state index contributed by atoms with van der Waals surface area (Å²) in [5, 5.41) is 1.40. The zero-order valence-corrected chi connectivity index (χ0v) is 17.9. The summed E-state index contributed by atoms with van der Waals surface area (Å²) in [6.07, 6.45) is 12.1. The van der Waals surface area contributed by atoms with Crippen LogP contribution in [0.3, 0.4) is 0 Å². The van der Waals surface area contributed by atoms with E-state index in [2.05, 4.69) is 38.8 Å². The first-order chi connectivity index (χ1) is 11.2. The number of hydrogen-bond donors (Lipinski definition) is 0. The van der Waals surface area contributed by atoms with Gasteiger partial charge >= 0.3 is 0 Å². The monoisotopic (exact) mass is 361 g/mol. The van der Waals surface area contributed by atoms with E-state index in [0.717, 1.165) is 28.9 Å². The third-order valence-electron chi connectivity index (χ3n) is 10.0. The van der Waals surface area contributed by atoms with Crippen LogP contribution in [0.25, 0.3) is 0 Å². The van der Waals surface area contributed by atoms with Crippen molar-refractivity contribution in [3.63, 3.8) is 0 Å². The summed E-state index contributed by atoms with van der Waals surface area (Å²) in [6, 6.07) is 0. The molecule has 3 radical (unpaired) electrons. The van der Waals surface area contributed by atoms with Gasteiger partial charge in [0, 0.05) is 17.1 Å². The van der Waals surface area contributed by atoms with Gasteiger partial charge in [0.1, 0.15) is 0 Å². The highest BCUT2D eigenvalue weighted by atomic mass is 32.7. The molecule has 6 aliphatic rings. The van der Waals surface area contributed by atoms with Gasteiger partial charge in [0.05, 0.1) is 0 Å². The Morgan fingerprint density at radius 3 is 1.88 bits per heavy atom. The van der Waals surface area contributed by atoms with Gasteiger partial charge in [-0.3, -0.25) is 7.57 Å². The standard InChI is InChI=1S/C21H35BPS/c1-19(2)17-5-6-20(19,3)18(10-17)24-23(4,22)21-11-14-7-15(12-21)9-16(8-14)13-21/h14-18H,5-13H2,1-4H3/t14?,15?,16?,17-,18+,20+,21?,23?/m0/s1. The molecule has 0 spiro atoms. The summed E-state index contributed by atoms with van der Waals surface area (Å²) in [5.74, 6) is 4.06. The average Bonchev–Trinajstić information content (AvgIpc) is 2.78. The molecule has 3 heteroatoms. The molecule has 0 aromatic rings. The van der Waals surface area contributed by atoms with Crippen LogP contribution in [0.2, 0.25) is 0 Å². The molecule has 0 aromatic heterocycles. The predicted octanol–water partition coefficient (Wildman–Crippen LogP) is 6.55. The van der Waals surface area contributed by atoms with E-state index < -0.39 is 6.34 Å². The molecule has 24 heavy (non-hydrogen) atoms. The van der Waals surface area contributed by atoms with Crippen LogP contribution in [0.1, 0.15) is 78.6 Å². The average molecular weight is 361 g/mol.